The topological polar surface area (TPSA) is 63.0 Å². The number of rotatable bonds is 3. The highest BCUT2D eigenvalue weighted by Gasteiger charge is 2.21. The molecule has 0 amide bonds. The van der Waals surface area contributed by atoms with E-state index < -0.39 is 23.8 Å². The second-order valence-electron chi connectivity index (χ2n) is 2.89. The molecule has 0 bridgehead atoms. The number of ether oxygens (including phenoxy) is 1. The maximum absolute atomic E-state index is 12.5. The Morgan fingerprint density at radius 1 is 1.71 bits per heavy atom. The summed E-state index contributed by atoms with van der Waals surface area (Å²) in [5, 5.41) is 8.83. The Kier molecular flexibility index (Phi) is 4.52. The number of pyridine rings is 1. The summed E-state index contributed by atoms with van der Waals surface area (Å²) in [6, 6.07) is 2.72. The smallest absolute Gasteiger partial charge is 0.358 e. The Morgan fingerprint density at radius 3 is 2.82 bits per heavy atom. The van der Waals surface area contributed by atoms with Crippen LogP contribution in [-0.2, 0) is 4.74 Å². The lowest BCUT2D eigenvalue weighted by atomic mass is 10.2. The molecule has 0 atom stereocenters. The highest BCUT2D eigenvalue weighted by atomic mass is 79.9. The monoisotopic (exact) mass is 304 g/mol. The van der Waals surface area contributed by atoms with Gasteiger partial charge < -0.3 is 4.74 Å². The number of nitriles is 1. The fraction of sp³-hybridized carbons (Fsp3) is 0.300. The van der Waals surface area contributed by atoms with Crippen molar-refractivity contribution in [3.63, 3.8) is 0 Å². The van der Waals surface area contributed by atoms with Crippen LogP contribution in [0, 0.1) is 11.3 Å². The third-order valence-electron chi connectivity index (χ3n) is 1.80. The molecule has 0 spiro atoms. The second kappa shape index (κ2) is 5.68. The number of carbonyl (C=O) groups excluding carboxylic acids is 1. The standard InChI is InChI=1S/C10H7BrF2N2O2/c1-2-17-10(16)8-5(4-14)6(11)3-7(15-8)9(12)13/h3,9H,2H2,1H3. The fourth-order valence-electron chi connectivity index (χ4n) is 1.10. The van der Waals surface area contributed by atoms with E-state index in [2.05, 4.69) is 25.7 Å². The second-order valence-corrected chi connectivity index (χ2v) is 3.74. The van der Waals surface area contributed by atoms with E-state index in [9.17, 15) is 13.6 Å². The average molecular weight is 305 g/mol. The summed E-state index contributed by atoms with van der Waals surface area (Å²) < 4.78 is 29.7. The Balaban J connectivity index is 3.35. The molecule has 0 saturated heterocycles. The summed E-state index contributed by atoms with van der Waals surface area (Å²) in [7, 11) is 0. The van der Waals surface area contributed by atoms with Crippen LogP contribution in [0.2, 0.25) is 0 Å². The Labute approximate surface area is 104 Å². The molecule has 0 aliphatic rings. The van der Waals surface area contributed by atoms with Crippen molar-refractivity contribution in [1.29, 1.82) is 5.26 Å². The van der Waals surface area contributed by atoms with Crippen molar-refractivity contribution in [2.45, 2.75) is 13.3 Å². The number of aromatic nitrogens is 1. The van der Waals surface area contributed by atoms with E-state index in [1.54, 1.807) is 13.0 Å². The molecule has 1 aromatic rings. The number of halogens is 3. The van der Waals surface area contributed by atoms with Crippen molar-refractivity contribution >= 4 is 21.9 Å². The molecule has 17 heavy (non-hydrogen) atoms. The van der Waals surface area contributed by atoms with E-state index in [0.29, 0.717) is 0 Å². The van der Waals surface area contributed by atoms with Crippen LogP contribution in [0.1, 0.15) is 35.1 Å². The van der Waals surface area contributed by atoms with Crippen LogP contribution in [-0.4, -0.2) is 17.6 Å². The number of hydrogen-bond acceptors (Lipinski definition) is 4. The number of hydrogen-bond donors (Lipinski definition) is 0. The van der Waals surface area contributed by atoms with Crippen LogP contribution in [0.5, 0.6) is 0 Å². The van der Waals surface area contributed by atoms with Gasteiger partial charge in [0.2, 0.25) is 0 Å². The van der Waals surface area contributed by atoms with Gasteiger partial charge in [-0.1, -0.05) is 0 Å². The van der Waals surface area contributed by atoms with E-state index in [1.807, 2.05) is 0 Å². The Hall–Kier alpha value is -1.55. The molecule has 0 radical (unpaired) electrons. The molecule has 7 heteroatoms. The highest BCUT2D eigenvalue weighted by molar-refractivity contribution is 9.10. The van der Waals surface area contributed by atoms with Gasteiger partial charge in [-0.3, -0.25) is 0 Å². The van der Waals surface area contributed by atoms with Gasteiger partial charge in [0.15, 0.2) is 5.69 Å². The lowest BCUT2D eigenvalue weighted by Gasteiger charge is -2.07. The third kappa shape index (κ3) is 2.97. The lowest BCUT2D eigenvalue weighted by molar-refractivity contribution is 0.0517. The first-order chi connectivity index (χ1) is 8.01. The minimum absolute atomic E-state index is 0.0713. The molecule has 0 saturated carbocycles. The van der Waals surface area contributed by atoms with Gasteiger partial charge in [0.1, 0.15) is 11.8 Å². The molecule has 1 rings (SSSR count). The van der Waals surface area contributed by atoms with Crippen LogP contribution in [0.25, 0.3) is 0 Å². The van der Waals surface area contributed by atoms with Crippen LogP contribution >= 0.6 is 15.9 Å². The summed E-state index contributed by atoms with van der Waals surface area (Å²) in [6.45, 7) is 1.64. The third-order valence-corrected chi connectivity index (χ3v) is 2.42. The molecule has 90 valence electrons. The zero-order chi connectivity index (χ0) is 13.0. The molecule has 0 aromatic carbocycles. The van der Waals surface area contributed by atoms with Gasteiger partial charge in [-0.2, -0.15) is 5.26 Å². The molecular weight excluding hydrogens is 298 g/mol. The average Bonchev–Trinajstić information content (AvgIpc) is 2.28. The Bertz CT molecular complexity index is 486. The molecule has 1 aromatic heterocycles. The molecule has 0 aliphatic carbocycles. The van der Waals surface area contributed by atoms with E-state index in [4.69, 9.17) is 5.26 Å². The van der Waals surface area contributed by atoms with Gasteiger partial charge in [-0.25, -0.2) is 18.6 Å². The first kappa shape index (κ1) is 13.5. The number of nitrogens with zero attached hydrogens (tertiary/aromatic N) is 2. The molecule has 1 heterocycles. The van der Waals surface area contributed by atoms with Crippen LogP contribution < -0.4 is 0 Å². The normalized spacial score (nSPS) is 10.1. The molecule has 4 nitrogen and oxygen atoms in total. The van der Waals surface area contributed by atoms with Gasteiger partial charge in [0.05, 0.1) is 12.2 Å². The molecule has 0 fully saturated rings. The minimum Gasteiger partial charge on any atom is -0.461 e. The summed E-state index contributed by atoms with van der Waals surface area (Å²) in [4.78, 5) is 14.9. The zero-order valence-electron chi connectivity index (χ0n) is 8.71. The molecule has 0 aliphatic heterocycles. The van der Waals surface area contributed by atoms with Gasteiger partial charge in [-0.05, 0) is 28.9 Å². The Morgan fingerprint density at radius 2 is 2.35 bits per heavy atom. The van der Waals surface area contributed by atoms with Gasteiger partial charge in [0.25, 0.3) is 6.43 Å². The van der Waals surface area contributed by atoms with E-state index in [-0.39, 0.29) is 16.6 Å². The first-order valence-electron chi connectivity index (χ1n) is 4.57. The van der Waals surface area contributed by atoms with Crippen molar-refractivity contribution in [2.75, 3.05) is 6.61 Å². The van der Waals surface area contributed by atoms with Crippen LogP contribution in [0.4, 0.5) is 8.78 Å². The van der Waals surface area contributed by atoms with Gasteiger partial charge >= 0.3 is 5.97 Å². The van der Waals surface area contributed by atoms with Gasteiger partial charge in [0, 0.05) is 4.47 Å². The predicted octanol–water partition coefficient (Wildman–Crippen LogP) is 2.83. The van der Waals surface area contributed by atoms with Crippen LogP contribution in [0.3, 0.4) is 0 Å². The quantitative estimate of drug-likeness (QED) is 0.806. The van der Waals surface area contributed by atoms with Crippen molar-refractivity contribution in [2.24, 2.45) is 0 Å². The number of esters is 1. The first-order valence-corrected chi connectivity index (χ1v) is 5.36. The maximum atomic E-state index is 12.5. The summed E-state index contributed by atoms with van der Waals surface area (Å²) >= 11 is 2.94. The predicted molar refractivity (Wildman–Crippen MR) is 57.6 cm³/mol. The SMILES string of the molecule is CCOC(=O)c1nc(C(F)F)cc(Br)c1C#N. The summed E-state index contributed by atoms with van der Waals surface area (Å²) in [6.07, 6.45) is -2.83. The van der Waals surface area contributed by atoms with E-state index in [1.165, 1.54) is 0 Å². The lowest BCUT2D eigenvalue weighted by Crippen LogP contribution is -2.12. The van der Waals surface area contributed by atoms with E-state index >= 15 is 0 Å². The van der Waals surface area contributed by atoms with Gasteiger partial charge in [-0.15, -0.1) is 0 Å². The molecule has 0 unspecified atom stereocenters. The highest BCUT2D eigenvalue weighted by Crippen LogP contribution is 2.25. The molecule has 0 N–H and O–H groups in total. The maximum Gasteiger partial charge on any atom is 0.358 e. The van der Waals surface area contributed by atoms with Crippen LogP contribution in [0.15, 0.2) is 10.5 Å². The van der Waals surface area contributed by atoms with Crippen molar-refractivity contribution < 1.29 is 18.3 Å². The molecular formula is C10H7BrF2N2O2. The van der Waals surface area contributed by atoms with Crippen molar-refractivity contribution in [3.05, 3.63) is 27.5 Å². The number of carbonyl (C=O) groups is 1. The summed E-state index contributed by atoms with van der Waals surface area (Å²) in [5.74, 6) is -0.896. The number of alkyl halides is 2. The van der Waals surface area contributed by atoms with Crippen molar-refractivity contribution in [1.82, 2.24) is 4.98 Å². The van der Waals surface area contributed by atoms with E-state index in [0.717, 1.165) is 6.07 Å². The minimum atomic E-state index is -2.83. The van der Waals surface area contributed by atoms with Crippen molar-refractivity contribution in [3.8, 4) is 6.07 Å². The fourth-order valence-corrected chi connectivity index (χ4v) is 1.61. The summed E-state index contributed by atoms with van der Waals surface area (Å²) in [5.41, 5.74) is -1.11. The largest absolute Gasteiger partial charge is 0.461 e. The zero-order valence-corrected chi connectivity index (χ0v) is 10.3.